The van der Waals surface area contributed by atoms with Crippen molar-refractivity contribution >= 4 is 22.6 Å². The number of hydrogen-bond donors (Lipinski definition) is 1. The first-order chi connectivity index (χ1) is 13.7. The van der Waals surface area contributed by atoms with Gasteiger partial charge in [0, 0.05) is 5.39 Å². The molecule has 0 aliphatic rings. The third-order valence-corrected chi connectivity index (χ3v) is 4.62. The normalized spacial score (nSPS) is 10.9. The number of rotatable bonds is 5. The fourth-order valence-electron chi connectivity index (χ4n) is 3.18. The number of aryl methyl sites for hydroxylation is 2. The number of amides is 1. The molecule has 0 aliphatic carbocycles. The summed E-state index contributed by atoms with van der Waals surface area (Å²) in [6.07, 6.45) is 1.68. The molecule has 0 atom stereocenters. The van der Waals surface area contributed by atoms with Crippen LogP contribution in [0.1, 0.15) is 35.6 Å². The van der Waals surface area contributed by atoms with Crippen molar-refractivity contribution in [1.82, 2.24) is 25.2 Å². The van der Waals surface area contributed by atoms with Crippen molar-refractivity contribution in [2.75, 3.05) is 5.32 Å². The van der Waals surface area contributed by atoms with Crippen LogP contribution < -0.4 is 5.32 Å². The zero-order valence-corrected chi connectivity index (χ0v) is 15.8. The standard InChI is InChI=1S/C21H20N6O/c1-3-14-9-7-10-15(4-2)19(14)27-25-20(24-26-27)21(28)23-18-13-12-16-8-5-6-11-17(16)22-18/h5-13H,3-4H2,1-2H3,(H,22,23,28). The van der Waals surface area contributed by atoms with E-state index in [9.17, 15) is 4.79 Å². The van der Waals surface area contributed by atoms with Gasteiger partial charge in [-0.15, -0.1) is 15.0 Å². The van der Waals surface area contributed by atoms with Crippen molar-refractivity contribution < 1.29 is 4.79 Å². The SMILES string of the molecule is CCc1cccc(CC)c1-n1nnc(C(=O)Nc2ccc3ccccc3n2)n1. The number of para-hydroxylation sites is 2. The molecule has 0 spiro atoms. The van der Waals surface area contributed by atoms with Gasteiger partial charge in [0.2, 0.25) is 0 Å². The molecule has 0 saturated heterocycles. The fourth-order valence-corrected chi connectivity index (χ4v) is 3.18. The van der Waals surface area contributed by atoms with Crippen molar-refractivity contribution in [3.8, 4) is 5.69 Å². The minimum Gasteiger partial charge on any atom is -0.304 e. The van der Waals surface area contributed by atoms with Crippen LogP contribution in [0.25, 0.3) is 16.6 Å². The van der Waals surface area contributed by atoms with Crippen LogP contribution in [0.15, 0.2) is 54.6 Å². The predicted molar refractivity (Wildman–Crippen MR) is 108 cm³/mol. The van der Waals surface area contributed by atoms with Crippen LogP contribution >= 0.6 is 0 Å². The second-order valence-corrected chi connectivity index (χ2v) is 6.38. The first-order valence-corrected chi connectivity index (χ1v) is 9.28. The Balaban J connectivity index is 1.61. The van der Waals surface area contributed by atoms with E-state index in [-0.39, 0.29) is 5.82 Å². The monoisotopic (exact) mass is 372 g/mol. The molecule has 7 nitrogen and oxygen atoms in total. The number of carbonyl (C=O) groups excluding carboxylic acids is 1. The lowest BCUT2D eigenvalue weighted by Crippen LogP contribution is -2.15. The zero-order chi connectivity index (χ0) is 19.5. The number of fused-ring (bicyclic) bond motifs is 1. The zero-order valence-electron chi connectivity index (χ0n) is 15.8. The number of nitrogens with zero attached hydrogens (tertiary/aromatic N) is 5. The van der Waals surface area contributed by atoms with E-state index in [0.717, 1.165) is 40.6 Å². The number of carbonyl (C=O) groups is 1. The lowest BCUT2D eigenvalue weighted by atomic mass is 10.0. The number of tetrazole rings is 1. The Hall–Kier alpha value is -3.61. The molecule has 0 radical (unpaired) electrons. The lowest BCUT2D eigenvalue weighted by molar-refractivity contribution is 0.101. The summed E-state index contributed by atoms with van der Waals surface area (Å²) in [5.41, 5.74) is 3.92. The number of aromatic nitrogens is 5. The molecular formula is C21H20N6O. The highest BCUT2D eigenvalue weighted by atomic mass is 16.2. The molecule has 0 saturated carbocycles. The van der Waals surface area contributed by atoms with Crippen LogP contribution in [-0.4, -0.2) is 31.1 Å². The van der Waals surface area contributed by atoms with Gasteiger partial charge in [-0.1, -0.05) is 50.2 Å². The van der Waals surface area contributed by atoms with Gasteiger partial charge in [0.15, 0.2) is 0 Å². The number of nitrogens with one attached hydrogen (secondary N) is 1. The molecule has 1 amide bonds. The lowest BCUT2D eigenvalue weighted by Gasteiger charge is -2.10. The molecule has 2 heterocycles. The molecule has 0 bridgehead atoms. The molecule has 4 rings (SSSR count). The number of hydrogen-bond acceptors (Lipinski definition) is 5. The third-order valence-electron chi connectivity index (χ3n) is 4.62. The van der Waals surface area contributed by atoms with E-state index in [1.54, 1.807) is 6.07 Å². The number of pyridine rings is 1. The second-order valence-electron chi connectivity index (χ2n) is 6.38. The molecule has 0 unspecified atom stereocenters. The van der Waals surface area contributed by atoms with E-state index in [0.29, 0.717) is 5.82 Å². The predicted octanol–water partition coefficient (Wildman–Crippen LogP) is 3.59. The van der Waals surface area contributed by atoms with E-state index < -0.39 is 5.91 Å². The number of anilines is 1. The van der Waals surface area contributed by atoms with Crippen molar-refractivity contribution in [2.24, 2.45) is 0 Å². The Bertz CT molecular complexity index is 1130. The van der Waals surface area contributed by atoms with Gasteiger partial charge in [-0.3, -0.25) is 4.79 Å². The van der Waals surface area contributed by atoms with E-state index in [2.05, 4.69) is 39.6 Å². The molecule has 140 valence electrons. The van der Waals surface area contributed by atoms with Crippen LogP contribution in [0.5, 0.6) is 0 Å². The van der Waals surface area contributed by atoms with Gasteiger partial charge in [-0.2, -0.15) is 0 Å². The molecule has 2 aromatic heterocycles. The van der Waals surface area contributed by atoms with Crippen LogP contribution in [0.4, 0.5) is 5.82 Å². The quantitative estimate of drug-likeness (QED) is 0.579. The topological polar surface area (TPSA) is 85.6 Å². The minimum absolute atomic E-state index is 0.00270. The van der Waals surface area contributed by atoms with Crippen LogP contribution in [0.3, 0.4) is 0 Å². The van der Waals surface area contributed by atoms with Crippen molar-refractivity contribution in [3.05, 3.63) is 71.5 Å². The average molecular weight is 372 g/mol. The highest BCUT2D eigenvalue weighted by molar-refractivity contribution is 6.01. The summed E-state index contributed by atoms with van der Waals surface area (Å²) in [6.45, 7) is 4.16. The van der Waals surface area contributed by atoms with Gasteiger partial charge in [0.1, 0.15) is 5.82 Å². The maximum Gasteiger partial charge on any atom is 0.298 e. The Morgan fingerprint density at radius 1 is 0.964 bits per heavy atom. The molecule has 0 aliphatic heterocycles. The largest absolute Gasteiger partial charge is 0.304 e. The molecule has 7 heteroatoms. The maximum atomic E-state index is 12.6. The van der Waals surface area contributed by atoms with Gasteiger partial charge < -0.3 is 5.32 Å². The highest BCUT2D eigenvalue weighted by Crippen LogP contribution is 2.20. The van der Waals surface area contributed by atoms with E-state index in [1.807, 2.05) is 48.5 Å². The van der Waals surface area contributed by atoms with Crippen LogP contribution in [0, 0.1) is 0 Å². The summed E-state index contributed by atoms with van der Waals surface area (Å²) < 4.78 is 0. The van der Waals surface area contributed by atoms with E-state index in [1.165, 1.54) is 4.80 Å². The smallest absolute Gasteiger partial charge is 0.298 e. The van der Waals surface area contributed by atoms with Crippen molar-refractivity contribution in [1.29, 1.82) is 0 Å². The van der Waals surface area contributed by atoms with Gasteiger partial charge in [0.05, 0.1) is 11.2 Å². The summed E-state index contributed by atoms with van der Waals surface area (Å²) >= 11 is 0. The Morgan fingerprint density at radius 3 is 2.46 bits per heavy atom. The minimum atomic E-state index is -0.443. The van der Waals surface area contributed by atoms with Crippen LogP contribution in [-0.2, 0) is 12.8 Å². The second kappa shape index (κ2) is 7.56. The van der Waals surface area contributed by atoms with Crippen molar-refractivity contribution in [2.45, 2.75) is 26.7 Å². The van der Waals surface area contributed by atoms with E-state index >= 15 is 0 Å². The summed E-state index contributed by atoms with van der Waals surface area (Å²) in [7, 11) is 0. The Kier molecular flexibility index (Phi) is 4.80. The summed E-state index contributed by atoms with van der Waals surface area (Å²) in [6, 6.07) is 17.5. The van der Waals surface area contributed by atoms with Gasteiger partial charge in [-0.05, 0) is 47.4 Å². The van der Waals surface area contributed by atoms with E-state index in [4.69, 9.17) is 0 Å². The fraction of sp³-hybridized carbons (Fsp3) is 0.190. The summed E-state index contributed by atoms with van der Waals surface area (Å²) in [5.74, 6) is 0.00670. The Morgan fingerprint density at radius 2 is 1.71 bits per heavy atom. The summed E-state index contributed by atoms with van der Waals surface area (Å²) in [4.78, 5) is 18.5. The molecule has 4 aromatic rings. The van der Waals surface area contributed by atoms with Crippen molar-refractivity contribution in [3.63, 3.8) is 0 Å². The highest BCUT2D eigenvalue weighted by Gasteiger charge is 2.17. The van der Waals surface area contributed by atoms with Gasteiger partial charge in [-0.25, -0.2) is 4.98 Å². The van der Waals surface area contributed by atoms with Gasteiger partial charge >= 0.3 is 0 Å². The third kappa shape index (κ3) is 3.34. The molecule has 2 aromatic carbocycles. The summed E-state index contributed by atoms with van der Waals surface area (Å²) in [5, 5.41) is 16.1. The Labute approximate surface area is 162 Å². The van der Waals surface area contributed by atoms with Crippen LogP contribution in [0.2, 0.25) is 0 Å². The molecular weight excluding hydrogens is 352 g/mol. The first-order valence-electron chi connectivity index (χ1n) is 9.28. The molecule has 1 N–H and O–H groups in total. The average Bonchev–Trinajstić information content (AvgIpc) is 3.23. The number of benzene rings is 2. The van der Waals surface area contributed by atoms with Gasteiger partial charge in [0.25, 0.3) is 11.7 Å². The first kappa shape index (κ1) is 17.8. The molecule has 0 fully saturated rings. The maximum absolute atomic E-state index is 12.6. The molecule has 28 heavy (non-hydrogen) atoms.